The Morgan fingerprint density at radius 1 is 1.05 bits per heavy atom. The molecule has 0 aromatic heterocycles. The molecular formula is C19H34N2. The van der Waals surface area contributed by atoms with E-state index in [4.69, 9.17) is 5.84 Å². The molecule has 0 saturated carbocycles. The molecule has 0 saturated heterocycles. The average molecular weight is 290 g/mol. The summed E-state index contributed by atoms with van der Waals surface area (Å²) < 4.78 is 0. The summed E-state index contributed by atoms with van der Waals surface area (Å²) in [5.41, 5.74) is 8.92. The first kappa shape index (κ1) is 18.2. The van der Waals surface area contributed by atoms with Crippen LogP contribution in [0.4, 0.5) is 0 Å². The van der Waals surface area contributed by atoms with Crippen molar-refractivity contribution < 1.29 is 0 Å². The maximum Gasteiger partial charge on any atom is 0.0279 e. The number of hydrogen-bond donors (Lipinski definition) is 2. The molecule has 0 spiro atoms. The summed E-state index contributed by atoms with van der Waals surface area (Å²) in [6.07, 6.45) is 3.36. The van der Waals surface area contributed by atoms with Crippen molar-refractivity contribution in [1.29, 1.82) is 0 Å². The molecule has 2 heteroatoms. The van der Waals surface area contributed by atoms with Crippen molar-refractivity contribution in [2.24, 2.45) is 11.8 Å². The fourth-order valence-corrected chi connectivity index (χ4v) is 3.19. The minimum absolute atomic E-state index is 0.203. The zero-order valence-electron chi connectivity index (χ0n) is 15.0. The smallest absolute Gasteiger partial charge is 0.0279 e. The second-order valence-electron chi connectivity index (χ2n) is 7.39. The van der Waals surface area contributed by atoms with E-state index in [1.54, 1.807) is 0 Å². The molecule has 0 aliphatic heterocycles. The van der Waals surface area contributed by atoms with Gasteiger partial charge in [0.25, 0.3) is 0 Å². The first-order valence-electron chi connectivity index (χ1n) is 8.31. The van der Waals surface area contributed by atoms with Crippen molar-refractivity contribution in [3.05, 3.63) is 34.4 Å². The van der Waals surface area contributed by atoms with Crippen LogP contribution in [0.2, 0.25) is 0 Å². The molecule has 2 nitrogen and oxygen atoms in total. The molecule has 21 heavy (non-hydrogen) atoms. The molecule has 0 bridgehead atoms. The number of rotatable bonds is 6. The quantitative estimate of drug-likeness (QED) is 0.601. The predicted octanol–water partition coefficient (Wildman–Crippen LogP) is 4.41. The normalized spacial score (nSPS) is 13.8. The van der Waals surface area contributed by atoms with Gasteiger partial charge in [-0.05, 0) is 53.9 Å². The Kier molecular flexibility index (Phi) is 6.42. The molecule has 0 aliphatic rings. The fourth-order valence-electron chi connectivity index (χ4n) is 3.19. The van der Waals surface area contributed by atoms with E-state index >= 15 is 0 Å². The van der Waals surface area contributed by atoms with Crippen LogP contribution in [0.3, 0.4) is 0 Å². The van der Waals surface area contributed by atoms with Crippen molar-refractivity contribution in [2.75, 3.05) is 0 Å². The Hall–Kier alpha value is -0.860. The Balaban J connectivity index is 3.09. The third-order valence-corrected chi connectivity index (χ3v) is 4.82. The Bertz CT molecular complexity index is 430. The van der Waals surface area contributed by atoms with Crippen LogP contribution in [0, 0.1) is 19.8 Å². The summed E-state index contributed by atoms with van der Waals surface area (Å²) in [5.74, 6) is 6.46. The maximum absolute atomic E-state index is 5.82. The number of aryl methyl sites for hydroxylation is 2. The summed E-state index contributed by atoms with van der Waals surface area (Å²) in [4.78, 5) is 0. The highest BCUT2D eigenvalue weighted by atomic mass is 15.2. The van der Waals surface area contributed by atoms with Crippen LogP contribution in [-0.2, 0) is 11.8 Å². The molecule has 0 aliphatic carbocycles. The van der Waals surface area contributed by atoms with Gasteiger partial charge < -0.3 is 0 Å². The van der Waals surface area contributed by atoms with Crippen molar-refractivity contribution >= 4 is 0 Å². The molecule has 0 amide bonds. The van der Waals surface area contributed by atoms with E-state index in [2.05, 4.69) is 66.0 Å². The van der Waals surface area contributed by atoms with Gasteiger partial charge in [0.15, 0.2) is 0 Å². The van der Waals surface area contributed by atoms with E-state index in [0.29, 0.717) is 12.0 Å². The molecular weight excluding hydrogens is 256 g/mol. The minimum Gasteiger partial charge on any atom is -0.271 e. The fraction of sp³-hybridized carbons (Fsp3) is 0.684. The van der Waals surface area contributed by atoms with E-state index in [0.717, 1.165) is 6.42 Å². The Morgan fingerprint density at radius 2 is 1.52 bits per heavy atom. The Labute approximate surface area is 131 Å². The largest absolute Gasteiger partial charge is 0.271 e. The third-order valence-electron chi connectivity index (χ3n) is 4.82. The first-order chi connectivity index (χ1) is 9.74. The van der Waals surface area contributed by atoms with Gasteiger partial charge in [0.1, 0.15) is 0 Å². The van der Waals surface area contributed by atoms with Gasteiger partial charge in [-0.1, -0.05) is 59.6 Å². The standard InChI is InChI=1S/C19H34N2/c1-8-15(9-2)18(21-20)12-17-13(3)10-16(11-14(17)4)19(5,6)7/h10-11,15,18,21H,8-9,12,20H2,1-7H3. The lowest BCUT2D eigenvalue weighted by atomic mass is 9.81. The lowest BCUT2D eigenvalue weighted by molar-refractivity contribution is 0.335. The highest BCUT2D eigenvalue weighted by Gasteiger charge is 2.21. The zero-order valence-corrected chi connectivity index (χ0v) is 15.0. The minimum atomic E-state index is 0.203. The molecule has 1 aromatic carbocycles. The van der Waals surface area contributed by atoms with Crippen molar-refractivity contribution in [2.45, 2.75) is 79.2 Å². The summed E-state index contributed by atoms with van der Waals surface area (Å²) in [6, 6.07) is 5.06. The molecule has 0 fully saturated rings. The maximum atomic E-state index is 5.82. The second-order valence-corrected chi connectivity index (χ2v) is 7.39. The monoisotopic (exact) mass is 290 g/mol. The van der Waals surface area contributed by atoms with Gasteiger partial charge in [-0.2, -0.15) is 0 Å². The van der Waals surface area contributed by atoms with Gasteiger partial charge in [-0.15, -0.1) is 0 Å². The number of benzene rings is 1. The summed E-state index contributed by atoms with van der Waals surface area (Å²) in [6.45, 7) is 15.8. The first-order valence-corrected chi connectivity index (χ1v) is 8.31. The van der Waals surface area contributed by atoms with Gasteiger partial charge in [0.05, 0.1) is 0 Å². The van der Waals surface area contributed by atoms with E-state index in [1.165, 1.54) is 35.1 Å². The summed E-state index contributed by atoms with van der Waals surface area (Å²) in [7, 11) is 0. The lowest BCUT2D eigenvalue weighted by Gasteiger charge is -2.27. The summed E-state index contributed by atoms with van der Waals surface area (Å²) in [5, 5.41) is 0. The molecule has 0 radical (unpaired) electrons. The van der Waals surface area contributed by atoms with Crippen LogP contribution in [0.15, 0.2) is 12.1 Å². The topological polar surface area (TPSA) is 38.0 Å². The van der Waals surface area contributed by atoms with E-state index < -0.39 is 0 Å². The molecule has 1 atom stereocenters. The van der Waals surface area contributed by atoms with Crippen LogP contribution in [0.1, 0.15) is 69.7 Å². The molecule has 1 rings (SSSR count). The number of hydrazine groups is 1. The van der Waals surface area contributed by atoms with Gasteiger partial charge in [-0.3, -0.25) is 11.3 Å². The lowest BCUT2D eigenvalue weighted by Crippen LogP contribution is -2.42. The van der Waals surface area contributed by atoms with Gasteiger partial charge in [0.2, 0.25) is 0 Å². The van der Waals surface area contributed by atoms with E-state index in [1.807, 2.05) is 0 Å². The molecule has 1 unspecified atom stereocenters. The highest BCUT2D eigenvalue weighted by molar-refractivity contribution is 5.41. The van der Waals surface area contributed by atoms with Crippen molar-refractivity contribution in [1.82, 2.24) is 5.43 Å². The average Bonchev–Trinajstić information content (AvgIpc) is 2.40. The van der Waals surface area contributed by atoms with Crippen molar-refractivity contribution in [3.63, 3.8) is 0 Å². The van der Waals surface area contributed by atoms with Gasteiger partial charge in [-0.25, -0.2) is 0 Å². The SMILES string of the molecule is CCC(CC)C(Cc1c(C)cc(C(C)(C)C)cc1C)NN. The predicted molar refractivity (Wildman–Crippen MR) is 93.5 cm³/mol. The van der Waals surface area contributed by atoms with E-state index in [9.17, 15) is 0 Å². The molecule has 120 valence electrons. The van der Waals surface area contributed by atoms with Gasteiger partial charge in [0, 0.05) is 6.04 Å². The molecule has 0 heterocycles. The highest BCUT2D eigenvalue weighted by Crippen LogP contribution is 2.28. The van der Waals surface area contributed by atoms with Crippen LogP contribution >= 0.6 is 0 Å². The number of nitrogens with one attached hydrogen (secondary N) is 1. The molecule has 3 N–H and O–H groups in total. The van der Waals surface area contributed by atoms with Crippen LogP contribution < -0.4 is 11.3 Å². The van der Waals surface area contributed by atoms with Gasteiger partial charge >= 0.3 is 0 Å². The number of nitrogens with two attached hydrogens (primary N) is 1. The third kappa shape index (κ3) is 4.55. The number of hydrogen-bond acceptors (Lipinski definition) is 2. The van der Waals surface area contributed by atoms with Crippen LogP contribution in [0.5, 0.6) is 0 Å². The van der Waals surface area contributed by atoms with E-state index in [-0.39, 0.29) is 5.41 Å². The second kappa shape index (κ2) is 7.42. The Morgan fingerprint density at radius 3 is 1.86 bits per heavy atom. The van der Waals surface area contributed by atoms with Crippen molar-refractivity contribution in [3.8, 4) is 0 Å². The molecule has 1 aromatic rings. The van der Waals surface area contributed by atoms with Crippen LogP contribution in [-0.4, -0.2) is 6.04 Å². The van der Waals surface area contributed by atoms with Crippen LogP contribution in [0.25, 0.3) is 0 Å². The zero-order chi connectivity index (χ0) is 16.2. The summed E-state index contributed by atoms with van der Waals surface area (Å²) >= 11 is 0.